The molecule has 2 aromatic heterocycles. The molecule has 2 rings (SSSR count). The molecule has 16 heavy (non-hydrogen) atoms. The second-order valence-corrected chi connectivity index (χ2v) is 4.85. The minimum absolute atomic E-state index is 0.450. The molecule has 0 saturated heterocycles. The van der Waals surface area contributed by atoms with E-state index in [9.17, 15) is 5.11 Å². The molecule has 0 saturated carbocycles. The van der Waals surface area contributed by atoms with Gasteiger partial charge in [0.2, 0.25) is 0 Å². The average molecular weight is 258 g/mol. The van der Waals surface area contributed by atoms with Gasteiger partial charge in [-0.25, -0.2) is 4.98 Å². The van der Waals surface area contributed by atoms with Gasteiger partial charge in [-0.3, -0.25) is 4.68 Å². The summed E-state index contributed by atoms with van der Waals surface area (Å²) in [6.07, 6.45) is 1.52. The van der Waals surface area contributed by atoms with Crippen molar-refractivity contribution in [1.29, 1.82) is 0 Å². The van der Waals surface area contributed by atoms with Crippen molar-refractivity contribution in [3.8, 4) is 0 Å². The van der Waals surface area contributed by atoms with Crippen LogP contribution in [0.5, 0.6) is 0 Å². The van der Waals surface area contributed by atoms with E-state index < -0.39 is 6.10 Å². The lowest BCUT2D eigenvalue weighted by atomic mass is 10.1. The Labute approximate surface area is 103 Å². The van der Waals surface area contributed by atoms with Gasteiger partial charge in [-0.15, -0.1) is 11.3 Å². The van der Waals surface area contributed by atoms with Crippen LogP contribution >= 0.6 is 22.9 Å². The lowest BCUT2D eigenvalue weighted by molar-refractivity contribution is 0.178. The Kier molecular flexibility index (Phi) is 3.28. The van der Waals surface area contributed by atoms with Crippen molar-refractivity contribution in [1.82, 2.24) is 14.8 Å². The molecule has 0 aliphatic heterocycles. The average Bonchev–Trinajstić information content (AvgIpc) is 2.83. The lowest BCUT2D eigenvalue weighted by Crippen LogP contribution is -2.02. The zero-order chi connectivity index (χ0) is 11.7. The molecule has 0 aromatic carbocycles. The molecular weight excluding hydrogens is 246 g/mol. The van der Waals surface area contributed by atoms with Crippen LogP contribution in [0.2, 0.25) is 5.15 Å². The van der Waals surface area contributed by atoms with Gasteiger partial charge < -0.3 is 5.11 Å². The highest BCUT2D eigenvalue weighted by atomic mass is 35.5. The minimum Gasteiger partial charge on any atom is -0.386 e. The van der Waals surface area contributed by atoms with E-state index in [0.717, 1.165) is 11.3 Å². The summed E-state index contributed by atoms with van der Waals surface area (Å²) in [5, 5.41) is 17.3. The van der Waals surface area contributed by atoms with Crippen LogP contribution < -0.4 is 0 Å². The van der Waals surface area contributed by atoms with E-state index in [1.807, 2.05) is 12.3 Å². The first-order chi connectivity index (χ1) is 7.59. The van der Waals surface area contributed by atoms with Crippen LogP contribution in [0.3, 0.4) is 0 Å². The maximum atomic E-state index is 9.97. The molecule has 0 aliphatic rings. The van der Waals surface area contributed by atoms with Crippen LogP contribution in [-0.2, 0) is 13.5 Å². The Bertz CT molecular complexity index is 480. The summed E-state index contributed by atoms with van der Waals surface area (Å²) < 4.78 is 1.61. The van der Waals surface area contributed by atoms with Gasteiger partial charge in [0, 0.05) is 30.6 Å². The normalized spacial score (nSPS) is 13.0. The maximum Gasteiger partial charge on any atom is 0.130 e. The van der Waals surface area contributed by atoms with E-state index >= 15 is 0 Å². The predicted molar refractivity (Wildman–Crippen MR) is 63.7 cm³/mol. The van der Waals surface area contributed by atoms with Gasteiger partial charge in [-0.1, -0.05) is 11.6 Å². The van der Waals surface area contributed by atoms with Gasteiger partial charge in [0.1, 0.15) is 16.3 Å². The van der Waals surface area contributed by atoms with Crippen molar-refractivity contribution in [2.24, 2.45) is 7.05 Å². The number of aryl methyl sites for hydroxylation is 2. The summed E-state index contributed by atoms with van der Waals surface area (Å²) in [6, 6.07) is 0. The Morgan fingerprint density at radius 1 is 1.62 bits per heavy atom. The van der Waals surface area contributed by atoms with Crippen LogP contribution in [0.25, 0.3) is 0 Å². The number of rotatable bonds is 3. The number of hydrogen-bond acceptors (Lipinski definition) is 4. The SMILES string of the molecule is Cc1nn(C)c(Cl)c1CC(O)c1nccs1. The number of halogens is 1. The lowest BCUT2D eigenvalue weighted by Gasteiger charge is -2.06. The Morgan fingerprint density at radius 2 is 2.38 bits per heavy atom. The van der Waals surface area contributed by atoms with Crippen molar-refractivity contribution in [2.75, 3.05) is 0 Å². The Morgan fingerprint density at radius 3 is 2.88 bits per heavy atom. The molecule has 6 heteroatoms. The fraction of sp³-hybridized carbons (Fsp3) is 0.400. The zero-order valence-corrected chi connectivity index (χ0v) is 10.6. The number of hydrogen-bond donors (Lipinski definition) is 1. The molecule has 0 spiro atoms. The van der Waals surface area contributed by atoms with Crippen molar-refractivity contribution in [3.63, 3.8) is 0 Å². The smallest absolute Gasteiger partial charge is 0.130 e. The number of aromatic nitrogens is 3. The third-order valence-corrected chi connectivity index (χ3v) is 3.75. The number of aliphatic hydroxyl groups is 1. The second kappa shape index (κ2) is 4.53. The minimum atomic E-state index is -0.611. The van der Waals surface area contributed by atoms with Crippen LogP contribution in [0.4, 0.5) is 0 Å². The maximum absolute atomic E-state index is 9.97. The third-order valence-electron chi connectivity index (χ3n) is 2.40. The molecule has 0 fully saturated rings. The molecule has 86 valence electrons. The molecule has 2 aromatic rings. The molecule has 2 heterocycles. The molecule has 0 bridgehead atoms. The molecule has 0 aliphatic carbocycles. The summed E-state index contributed by atoms with van der Waals surface area (Å²) in [6.45, 7) is 1.88. The highest BCUT2D eigenvalue weighted by Gasteiger charge is 2.18. The molecule has 1 atom stereocenters. The fourth-order valence-corrected chi connectivity index (χ4v) is 2.46. The molecular formula is C10H12ClN3OS. The Balaban J connectivity index is 2.21. The number of thiazole rings is 1. The highest BCUT2D eigenvalue weighted by Crippen LogP contribution is 2.26. The monoisotopic (exact) mass is 257 g/mol. The van der Waals surface area contributed by atoms with Crippen molar-refractivity contribution in [2.45, 2.75) is 19.4 Å². The van der Waals surface area contributed by atoms with Gasteiger partial charge in [-0.05, 0) is 6.92 Å². The van der Waals surface area contributed by atoms with E-state index in [1.54, 1.807) is 17.9 Å². The van der Waals surface area contributed by atoms with E-state index in [4.69, 9.17) is 11.6 Å². The van der Waals surface area contributed by atoms with E-state index in [1.165, 1.54) is 11.3 Å². The summed E-state index contributed by atoms with van der Waals surface area (Å²) in [7, 11) is 1.79. The van der Waals surface area contributed by atoms with Crippen molar-refractivity contribution >= 4 is 22.9 Å². The third kappa shape index (κ3) is 2.11. The van der Waals surface area contributed by atoms with Crippen molar-refractivity contribution in [3.05, 3.63) is 33.0 Å². The van der Waals surface area contributed by atoms with Gasteiger partial charge in [0.15, 0.2) is 0 Å². The van der Waals surface area contributed by atoms with E-state index in [0.29, 0.717) is 16.6 Å². The summed E-state index contributed by atoms with van der Waals surface area (Å²) in [5.41, 5.74) is 1.73. The first kappa shape index (κ1) is 11.6. The quantitative estimate of drug-likeness (QED) is 0.916. The fourth-order valence-electron chi connectivity index (χ4n) is 1.59. The predicted octanol–water partition coefficient (Wildman–Crippen LogP) is 2.11. The molecule has 0 amide bonds. The molecule has 4 nitrogen and oxygen atoms in total. The van der Waals surface area contributed by atoms with E-state index in [2.05, 4.69) is 10.1 Å². The van der Waals surface area contributed by atoms with Gasteiger partial charge >= 0.3 is 0 Å². The van der Waals surface area contributed by atoms with Gasteiger partial charge in [0.05, 0.1) is 5.69 Å². The molecule has 0 radical (unpaired) electrons. The van der Waals surface area contributed by atoms with Crippen molar-refractivity contribution < 1.29 is 5.11 Å². The zero-order valence-electron chi connectivity index (χ0n) is 9.01. The van der Waals surface area contributed by atoms with E-state index in [-0.39, 0.29) is 0 Å². The highest BCUT2D eigenvalue weighted by molar-refractivity contribution is 7.09. The van der Waals surface area contributed by atoms with Crippen LogP contribution in [0.15, 0.2) is 11.6 Å². The topological polar surface area (TPSA) is 50.9 Å². The van der Waals surface area contributed by atoms with Crippen LogP contribution in [-0.4, -0.2) is 19.9 Å². The standard InChI is InChI=1S/C10H12ClN3OS/c1-6-7(9(11)14(2)13-6)5-8(15)10-12-3-4-16-10/h3-4,8,15H,5H2,1-2H3. The first-order valence-corrected chi connectivity index (χ1v) is 6.10. The molecule has 1 N–H and O–H groups in total. The van der Waals surface area contributed by atoms with Crippen LogP contribution in [0.1, 0.15) is 22.4 Å². The largest absolute Gasteiger partial charge is 0.386 e. The molecule has 1 unspecified atom stereocenters. The summed E-state index contributed by atoms with van der Waals surface area (Å²) in [5.74, 6) is 0. The number of aliphatic hydroxyl groups excluding tert-OH is 1. The van der Waals surface area contributed by atoms with Gasteiger partial charge in [0.25, 0.3) is 0 Å². The second-order valence-electron chi connectivity index (χ2n) is 3.57. The van der Waals surface area contributed by atoms with Crippen LogP contribution in [0, 0.1) is 6.92 Å². The first-order valence-electron chi connectivity index (χ1n) is 4.85. The number of nitrogens with zero attached hydrogens (tertiary/aromatic N) is 3. The summed E-state index contributed by atoms with van der Waals surface area (Å²) in [4.78, 5) is 4.08. The Hall–Kier alpha value is -0.910. The van der Waals surface area contributed by atoms with Gasteiger partial charge in [-0.2, -0.15) is 5.10 Å². The summed E-state index contributed by atoms with van der Waals surface area (Å²) >= 11 is 7.53.